The summed E-state index contributed by atoms with van der Waals surface area (Å²) in [5.74, 6) is -2.16. The van der Waals surface area contributed by atoms with Crippen molar-refractivity contribution in [1.29, 1.82) is 0 Å². The van der Waals surface area contributed by atoms with Gasteiger partial charge in [-0.2, -0.15) is 0 Å². The molecule has 0 fully saturated rings. The molecule has 0 radical (unpaired) electrons. The molecule has 5 rings (SSSR count). The van der Waals surface area contributed by atoms with Crippen molar-refractivity contribution < 1.29 is 19.0 Å². The van der Waals surface area contributed by atoms with Crippen LogP contribution in [0, 0.1) is 13.8 Å². The van der Waals surface area contributed by atoms with Crippen molar-refractivity contribution in [1.82, 2.24) is 0 Å². The molecule has 0 bridgehead atoms. The molecular weight excluding hydrogens is 527 g/mol. The van der Waals surface area contributed by atoms with Gasteiger partial charge in [0.2, 0.25) is 0 Å². The lowest BCUT2D eigenvalue weighted by Gasteiger charge is -2.20. The molecule has 5 aromatic rings. The van der Waals surface area contributed by atoms with E-state index in [2.05, 4.69) is 0 Å². The van der Waals surface area contributed by atoms with Gasteiger partial charge in [0.05, 0.1) is 27.8 Å². The van der Waals surface area contributed by atoms with Gasteiger partial charge in [0.25, 0.3) is 0 Å². The number of aryl methyl sites for hydroxylation is 2. The van der Waals surface area contributed by atoms with Crippen LogP contribution in [0.4, 0.5) is 0 Å². The Morgan fingerprint density at radius 2 is 1.11 bits per heavy atom. The number of hydrogen-bond donors (Lipinski definition) is 2. The molecule has 6 nitrogen and oxygen atoms in total. The Kier molecular flexibility index (Phi) is 5.99. The lowest BCUT2D eigenvalue weighted by Crippen LogP contribution is -2.21. The Morgan fingerprint density at radius 1 is 0.694 bits per heavy atom. The van der Waals surface area contributed by atoms with Crippen LogP contribution in [0.5, 0.6) is 11.5 Å². The lowest BCUT2D eigenvalue weighted by molar-refractivity contribution is 0.441. The molecular formula is C27H17Cl3O6. The van der Waals surface area contributed by atoms with E-state index in [1.54, 1.807) is 38.1 Å². The average molecular weight is 544 g/mol. The lowest BCUT2D eigenvalue weighted by atomic mass is 9.84. The molecule has 0 unspecified atom stereocenters. The van der Waals surface area contributed by atoms with Crippen LogP contribution >= 0.6 is 34.8 Å². The predicted molar refractivity (Wildman–Crippen MR) is 140 cm³/mol. The Bertz CT molecular complexity index is 1690. The smallest absolute Gasteiger partial charge is 0.344 e. The minimum Gasteiger partial charge on any atom is -0.507 e. The number of rotatable bonds is 3. The third-order valence-corrected chi connectivity index (χ3v) is 7.23. The van der Waals surface area contributed by atoms with Crippen LogP contribution in [0.25, 0.3) is 21.9 Å². The van der Waals surface area contributed by atoms with Crippen molar-refractivity contribution in [2.75, 3.05) is 0 Å². The summed E-state index contributed by atoms with van der Waals surface area (Å²) in [4.78, 5) is 26.5. The maximum atomic E-state index is 13.3. The van der Waals surface area contributed by atoms with Crippen LogP contribution in [0.15, 0.2) is 67.0 Å². The highest BCUT2D eigenvalue weighted by molar-refractivity contribution is 6.32. The fourth-order valence-corrected chi connectivity index (χ4v) is 4.74. The van der Waals surface area contributed by atoms with E-state index < -0.39 is 28.7 Å². The van der Waals surface area contributed by atoms with Crippen LogP contribution in [0.1, 0.15) is 33.7 Å². The zero-order chi connectivity index (χ0) is 25.9. The summed E-state index contributed by atoms with van der Waals surface area (Å²) in [6, 6.07) is 12.3. The molecule has 0 saturated heterocycles. The molecule has 2 heterocycles. The first kappa shape index (κ1) is 24.3. The highest BCUT2D eigenvalue weighted by Crippen LogP contribution is 2.43. The van der Waals surface area contributed by atoms with Gasteiger partial charge in [-0.3, -0.25) is 0 Å². The molecule has 0 spiro atoms. The van der Waals surface area contributed by atoms with E-state index in [4.69, 9.17) is 43.6 Å². The monoisotopic (exact) mass is 542 g/mol. The fraction of sp³-hybridized carbons (Fsp3) is 0.111. The number of halogens is 3. The van der Waals surface area contributed by atoms with Crippen molar-refractivity contribution in [3.8, 4) is 11.5 Å². The summed E-state index contributed by atoms with van der Waals surface area (Å²) >= 11 is 18.6. The van der Waals surface area contributed by atoms with Gasteiger partial charge in [-0.05, 0) is 66.9 Å². The molecule has 0 amide bonds. The Hall–Kier alpha value is -3.45. The topological polar surface area (TPSA) is 101 Å². The highest BCUT2D eigenvalue weighted by atomic mass is 35.5. The van der Waals surface area contributed by atoms with Gasteiger partial charge in [-0.15, -0.1) is 0 Å². The van der Waals surface area contributed by atoms with E-state index in [0.717, 1.165) is 0 Å². The molecule has 0 atom stereocenters. The maximum Gasteiger partial charge on any atom is 0.344 e. The van der Waals surface area contributed by atoms with E-state index in [-0.39, 0.29) is 33.1 Å². The average Bonchev–Trinajstić information content (AvgIpc) is 2.82. The van der Waals surface area contributed by atoms with Gasteiger partial charge in [0.15, 0.2) is 0 Å². The SMILES string of the molecule is Cc1cc2oc(=O)c(C(c3ccc(Cl)cc3)c3c(O)c4cc(Cl)c(C)cc4oc3=O)c(O)c2cc1Cl. The largest absolute Gasteiger partial charge is 0.507 e. The summed E-state index contributed by atoms with van der Waals surface area (Å²) in [6.45, 7) is 3.46. The molecule has 0 aliphatic rings. The van der Waals surface area contributed by atoms with Crippen molar-refractivity contribution in [2.45, 2.75) is 19.8 Å². The normalized spacial score (nSPS) is 11.6. The maximum absolute atomic E-state index is 13.3. The van der Waals surface area contributed by atoms with Crippen molar-refractivity contribution >= 4 is 56.7 Å². The second-order valence-corrected chi connectivity index (χ2v) is 9.73. The minimum absolute atomic E-state index is 0.120. The Balaban J connectivity index is 1.91. The molecule has 0 aliphatic heterocycles. The van der Waals surface area contributed by atoms with Crippen LogP contribution in [0.3, 0.4) is 0 Å². The van der Waals surface area contributed by atoms with Crippen LogP contribution < -0.4 is 11.3 Å². The molecule has 0 aliphatic carbocycles. The number of fused-ring (bicyclic) bond motifs is 2. The van der Waals surface area contributed by atoms with Gasteiger partial charge in [0.1, 0.15) is 22.7 Å². The molecule has 2 N–H and O–H groups in total. The van der Waals surface area contributed by atoms with E-state index in [9.17, 15) is 19.8 Å². The van der Waals surface area contributed by atoms with Crippen molar-refractivity contribution in [3.63, 3.8) is 0 Å². The number of aromatic hydroxyl groups is 2. The van der Waals surface area contributed by atoms with E-state index in [0.29, 0.717) is 31.8 Å². The van der Waals surface area contributed by atoms with Gasteiger partial charge in [-0.1, -0.05) is 46.9 Å². The summed E-state index contributed by atoms with van der Waals surface area (Å²) in [6.07, 6.45) is 0. The van der Waals surface area contributed by atoms with Crippen molar-refractivity contribution in [2.24, 2.45) is 0 Å². The molecule has 36 heavy (non-hydrogen) atoms. The summed E-state index contributed by atoms with van der Waals surface area (Å²) in [5.41, 5.74) is -0.438. The number of benzene rings is 3. The summed E-state index contributed by atoms with van der Waals surface area (Å²) in [5, 5.41) is 24.0. The standard InChI is InChI=1S/C27H17Cl3O6/c1-11-7-19-15(9-17(11)29)24(31)22(26(33)35-19)21(13-3-5-14(28)6-4-13)23-25(32)16-10-18(30)12(2)8-20(16)36-27(23)34/h3-10,21,31-32H,1-2H3. The second-order valence-electron chi connectivity index (χ2n) is 8.48. The third kappa shape index (κ3) is 3.91. The van der Waals surface area contributed by atoms with Gasteiger partial charge in [-0.25, -0.2) is 9.59 Å². The van der Waals surface area contributed by atoms with Gasteiger partial charge < -0.3 is 19.0 Å². The molecule has 9 heteroatoms. The fourth-order valence-electron chi connectivity index (χ4n) is 4.28. The predicted octanol–water partition coefficient (Wildman–Crippen LogP) is 7.07. The summed E-state index contributed by atoms with van der Waals surface area (Å²) < 4.78 is 11.0. The second kappa shape index (κ2) is 8.89. The van der Waals surface area contributed by atoms with Gasteiger partial charge >= 0.3 is 11.3 Å². The Labute approximate surface area is 218 Å². The van der Waals surface area contributed by atoms with E-state index >= 15 is 0 Å². The summed E-state index contributed by atoms with van der Waals surface area (Å²) in [7, 11) is 0. The highest BCUT2D eigenvalue weighted by Gasteiger charge is 2.32. The first-order valence-electron chi connectivity index (χ1n) is 10.7. The van der Waals surface area contributed by atoms with Crippen LogP contribution in [-0.2, 0) is 0 Å². The van der Waals surface area contributed by atoms with Crippen molar-refractivity contribution in [3.05, 3.63) is 112 Å². The minimum atomic E-state index is -1.27. The third-order valence-electron chi connectivity index (χ3n) is 6.17. The zero-order valence-corrected chi connectivity index (χ0v) is 21.1. The molecule has 182 valence electrons. The number of hydrogen-bond acceptors (Lipinski definition) is 6. The Morgan fingerprint density at radius 3 is 1.53 bits per heavy atom. The zero-order valence-electron chi connectivity index (χ0n) is 18.9. The molecule has 2 aromatic heterocycles. The molecule has 3 aromatic carbocycles. The van der Waals surface area contributed by atoms with E-state index in [1.165, 1.54) is 24.3 Å². The van der Waals surface area contributed by atoms with Crippen LogP contribution in [0.2, 0.25) is 15.1 Å². The van der Waals surface area contributed by atoms with E-state index in [1.807, 2.05) is 0 Å². The quantitative estimate of drug-likeness (QED) is 0.236. The van der Waals surface area contributed by atoms with Gasteiger partial charge in [0, 0.05) is 15.1 Å². The molecule has 0 saturated carbocycles. The first-order valence-corrected chi connectivity index (χ1v) is 11.9. The van der Waals surface area contributed by atoms with Crippen LogP contribution in [-0.4, -0.2) is 10.2 Å². The first-order chi connectivity index (χ1) is 17.1.